The van der Waals surface area contributed by atoms with Crippen molar-refractivity contribution in [2.24, 2.45) is 0 Å². The zero-order valence-electron chi connectivity index (χ0n) is 11.4. The normalized spacial score (nSPS) is 14.7. The van der Waals surface area contributed by atoms with Gasteiger partial charge in [-0.15, -0.1) is 11.3 Å². The third kappa shape index (κ3) is 3.47. The number of thiazole rings is 1. The van der Waals surface area contributed by atoms with E-state index in [1.54, 1.807) is 6.20 Å². The van der Waals surface area contributed by atoms with Crippen LogP contribution in [0.5, 0.6) is 0 Å². The summed E-state index contributed by atoms with van der Waals surface area (Å²) in [5.41, 5.74) is 0. The van der Waals surface area contributed by atoms with Gasteiger partial charge in [0, 0.05) is 6.20 Å². The molecular formula is C12H21NO2SSi. The molecular weight excluding hydrogens is 250 g/mol. The van der Waals surface area contributed by atoms with E-state index in [1.807, 2.05) is 6.92 Å². The van der Waals surface area contributed by atoms with Crippen molar-refractivity contribution in [3.63, 3.8) is 0 Å². The van der Waals surface area contributed by atoms with Gasteiger partial charge in [0.25, 0.3) is 0 Å². The van der Waals surface area contributed by atoms with Crippen LogP contribution in [-0.4, -0.2) is 19.6 Å². The molecule has 1 aromatic heterocycles. The van der Waals surface area contributed by atoms with Crippen molar-refractivity contribution >= 4 is 25.9 Å². The van der Waals surface area contributed by atoms with Crippen LogP contribution in [0.25, 0.3) is 0 Å². The highest BCUT2D eigenvalue weighted by Crippen LogP contribution is 2.39. The first kappa shape index (κ1) is 14.5. The molecule has 0 radical (unpaired) electrons. The summed E-state index contributed by atoms with van der Waals surface area (Å²) < 4.78 is 6.22. The molecule has 0 N–H and O–H groups in total. The fraction of sp³-hybridized carbons (Fsp3) is 0.667. The first-order valence-corrected chi connectivity index (χ1v) is 9.48. The summed E-state index contributed by atoms with van der Waals surface area (Å²) in [6.07, 6.45) is 2.41. The minimum atomic E-state index is -1.77. The molecule has 96 valence electrons. The van der Waals surface area contributed by atoms with Gasteiger partial charge in [-0.1, -0.05) is 20.8 Å². The van der Waals surface area contributed by atoms with Crippen LogP contribution in [0.4, 0.5) is 0 Å². The number of aldehydes is 1. The standard InChI is InChI=1S/C12H21NO2SSi/c1-9(11-13-7-10(8-14)16-11)15-17(5,6)12(2,3)4/h7-9H,1-6H3/t9-/m0/s1. The van der Waals surface area contributed by atoms with E-state index >= 15 is 0 Å². The fourth-order valence-corrected chi connectivity index (χ4v) is 3.36. The summed E-state index contributed by atoms with van der Waals surface area (Å²) in [5.74, 6) is 0. The molecule has 0 saturated carbocycles. The number of carbonyl (C=O) groups excluding carboxylic acids is 1. The largest absolute Gasteiger partial charge is 0.408 e. The van der Waals surface area contributed by atoms with Gasteiger partial charge in [0.1, 0.15) is 5.01 Å². The Bertz CT molecular complexity index is 395. The molecule has 0 aliphatic carbocycles. The number of aromatic nitrogens is 1. The average Bonchev–Trinajstić information content (AvgIpc) is 2.63. The fourth-order valence-electron chi connectivity index (χ4n) is 1.21. The molecule has 0 saturated heterocycles. The maximum Gasteiger partial charge on any atom is 0.193 e. The van der Waals surface area contributed by atoms with Crippen LogP contribution in [0.2, 0.25) is 18.1 Å². The van der Waals surface area contributed by atoms with Gasteiger partial charge in [-0.05, 0) is 25.1 Å². The van der Waals surface area contributed by atoms with Crippen LogP contribution < -0.4 is 0 Å². The van der Waals surface area contributed by atoms with Crippen molar-refractivity contribution in [2.75, 3.05) is 0 Å². The van der Waals surface area contributed by atoms with E-state index in [4.69, 9.17) is 4.43 Å². The summed E-state index contributed by atoms with van der Waals surface area (Å²) in [6, 6.07) is 0. The second-order valence-electron chi connectivity index (χ2n) is 5.74. The number of hydrogen-bond acceptors (Lipinski definition) is 4. The minimum Gasteiger partial charge on any atom is -0.408 e. The second-order valence-corrected chi connectivity index (χ2v) is 11.6. The van der Waals surface area contributed by atoms with Gasteiger partial charge >= 0.3 is 0 Å². The third-order valence-corrected chi connectivity index (χ3v) is 8.92. The summed E-state index contributed by atoms with van der Waals surface area (Å²) in [6.45, 7) is 13.1. The van der Waals surface area contributed by atoms with Crippen LogP contribution in [0.3, 0.4) is 0 Å². The van der Waals surface area contributed by atoms with Crippen molar-refractivity contribution in [3.05, 3.63) is 16.1 Å². The van der Waals surface area contributed by atoms with Gasteiger partial charge in [-0.2, -0.15) is 0 Å². The Kier molecular flexibility index (Phi) is 4.27. The van der Waals surface area contributed by atoms with Crippen LogP contribution in [0.15, 0.2) is 6.20 Å². The number of nitrogens with zero attached hydrogens (tertiary/aromatic N) is 1. The molecule has 0 fully saturated rings. The topological polar surface area (TPSA) is 39.2 Å². The Hall–Kier alpha value is -0.523. The molecule has 1 rings (SSSR count). The molecule has 1 heterocycles. The van der Waals surface area contributed by atoms with Crippen molar-refractivity contribution in [1.82, 2.24) is 4.98 Å². The third-order valence-electron chi connectivity index (χ3n) is 3.28. The maximum absolute atomic E-state index is 10.6. The van der Waals surface area contributed by atoms with Gasteiger partial charge in [0.15, 0.2) is 14.6 Å². The van der Waals surface area contributed by atoms with Crippen LogP contribution >= 0.6 is 11.3 Å². The lowest BCUT2D eigenvalue weighted by Crippen LogP contribution is -2.41. The Morgan fingerprint density at radius 1 is 1.47 bits per heavy atom. The molecule has 0 unspecified atom stereocenters. The van der Waals surface area contributed by atoms with E-state index in [9.17, 15) is 4.79 Å². The van der Waals surface area contributed by atoms with E-state index < -0.39 is 8.32 Å². The second kappa shape index (κ2) is 5.00. The van der Waals surface area contributed by atoms with Gasteiger partial charge < -0.3 is 4.43 Å². The van der Waals surface area contributed by atoms with Gasteiger partial charge in [-0.25, -0.2) is 4.98 Å². The zero-order chi connectivity index (χ0) is 13.3. The summed E-state index contributed by atoms with van der Waals surface area (Å²) in [4.78, 5) is 15.5. The summed E-state index contributed by atoms with van der Waals surface area (Å²) in [5, 5.41) is 1.07. The number of hydrogen-bond donors (Lipinski definition) is 0. The lowest BCUT2D eigenvalue weighted by atomic mass is 10.2. The molecule has 5 heteroatoms. The predicted octanol–water partition coefficient (Wildman–Crippen LogP) is 4.04. The lowest BCUT2D eigenvalue weighted by molar-refractivity contribution is 0.112. The molecule has 3 nitrogen and oxygen atoms in total. The Labute approximate surface area is 108 Å². The molecule has 0 aliphatic heterocycles. The minimum absolute atomic E-state index is 0.0328. The average molecular weight is 271 g/mol. The first-order valence-electron chi connectivity index (χ1n) is 5.76. The number of carbonyl (C=O) groups is 1. The van der Waals surface area contributed by atoms with Gasteiger partial charge in [0.2, 0.25) is 0 Å². The molecule has 1 aromatic rings. The highest BCUT2D eigenvalue weighted by molar-refractivity contribution is 7.13. The molecule has 0 bridgehead atoms. The molecule has 0 aliphatic rings. The monoisotopic (exact) mass is 271 g/mol. The molecule has 17 heavy (non-hydrogen) atoms. The van der Waals surface area contributed by atoms with Crippen molar-refractivity contribution in [1.29, 1.82) is 0 Å². The Morgan fingerprint density at radius 2 is 2.06 bits per heavy atom. The van der Waals surface area contributed by atoms with Gasteiger partial charge in [0.05, 0.1) is 11.0 Å². The first-order chi connectivity index (χ1) is 7.67. The van der Waals surface area contributed by atoms with E-state index in [0.717, 1.165) is 11.3 Å². The number of rotatable bonds is 4. The lowest BCUT2D eigenvalue weighted by Gasteiger charge is -2.38. The van der Waals surface area contributed by atoms with Crippen LogP contribution in [-0.2, 0) is 4.43 Å². The van der Waals surface area contributed by atoms with Crippen LogP contribution in [0, 0.1) is 0 Å². The molecule has 1 atom stereocenters. The van der Waals surface area contributed by atoms with Crippen molar-refractivity contribution in [2.45, 2.75) is 51.9 Å². The Balaban J connectivity index is 2.78. The zero-order valence-corrected chi connectivity index (χ0v) is 13.2. The maximum atomic E-state index is 10.6. The highest BCUT2D eigenvalue weighted by atomic mass is 32.1. The van der Waals surface area contributed by atoms with E-state index in [2.05, 4.69) is 38.8 Å². The van der Waals surface area contributed by atoms with E-state index in [0.29, 0.717) is 4.88 Å². The van der Waals surface area contributed by atoms with Crippen molar-refractivity contribution in [3.8, 4) is 0 Å². The Morgan fingerprint density at radius 3 is 2.47 bits per heavy atom. The quantitative estimate of drug-likeness (QED) is 0.613. The molecule has 0 amide bonds. The molecule has 0 spiro atoms. The summed E-state index contributed by atoms with van der Waals surface area (Å²) >= 11 is 1.41. The highest BCUT2D eigenvalue weighted by Gasteiger charge is 2.39. The van der Waals surface area contributed by atoms with E-state index in [1.165, 1.54) is 11.3 Å². The van der Waals surface area contributed by atoms with E-state index in [-0.39, 0.29) is 11.1 Å². The predicted molar refractivity (Wildman–Crippen MR) is 74.2 cm³/mol. The summed E-state index contributed by atoms with van der Waals surface area (Å²) in [7, 11) is -1.77. The SMILES string of the molecule is C[C@H](O[Si](C)(C)C(C)(C)C)c1ncc(C=O)s1. The molecule has 0 aromatic carbocycles. The van der Waals surface area contributed by atoms with Gasteiger partial charge in [-0.3, -0.25) is 4.79 Å². The smallest absolute Gasteiger partial charge is 0.193 e. The van der Waals surface area contributed by atoms with Crippen LogP contribution in [0.1, 0.15) is 48.5 Å². The van der Waals surface area contributed by atoms with Crippen molar-refractivity contribution < 1.29 is 9.22 Å².